The maximum atomic E-state index is 13.9. The predicted molar refractivity (Wildman–Crippen MR) is 143 cm³/mol. The Bertz CT molecular complexity index is 1510. The maximum absolute atomic E-state index is 13.9. The molecule has 0 N–H and O–H groups in total. The monoisotopic (exact) mass is 513 g/mol. The first-order valence-electron chi connectivity index (χ1n) is 13.0. The molecule has 0 bridgehead atoms. The zero-order chi connectivity index (χ0) is 26.2. The van der Waals surface area contributed by atoms with Crippen molar-refractivity contribution in [3.8, 4) is 0 Å². The zero-order valence-electron chi connectivity index (χ0n) is 21.4. The SMILES string of the molecule is CC[C@H]1CN(C(c2ccc(F)cc2)c2ccc(F)cc2)[C@H](CC)CN1c1nc2nncn2c2cccnc12. The van der Waals surface area contributed by atoms with Crippen LogP contribution in [-0.4, -0.2) is 54.6 Å². The van der Waals surface area contributed by atoms with Crippen molar-refractivity contribution in [1.82, 2.24) is 29.5 Å². The highest BCUT2D eigenvalue weighted by Crippen LogP contribution is 2.37. The fourth-order valence-electron chi connectivity index (χ4n) is 5.71. The molecular formula is C29H29F2N7. The van der Waals surface area contributed by atoms with Gasteiger partial charge in [0.05, 0.1) is 11.6 Å². The number of pyridine rings is 1. The fraction of sp³-hybridized carbons (Fsp3) is 0.310. The van der Waals surface area contributed by atoms with E-state index in [4.69, 9.17) is 9.97 Å². The van der Waals surface area contributed by atoms with E-state index in [1.54, 1.807) is 12.5 Å². The minimum absolute atomic E-state index is 0.140. The quantitative estimate of drug-likeness (QED) is 0.302. The van der Waals surface area contributed by atoms with Gasteiger partial charge in [-0.05, 0) is 60.4 Å². The lowest BCUT2D eigenvalue weighted by atomic mass is 9.91. The molecule has 1 aliphatic rings. The van der Waals surface area contributed by atoms with E-state index in [0.29, 0.717) is 5.78 Å². The van der Waals surface area contributed by atoms with E-state index in [9.17, 15) is 8.78 Å². The van der Waals surface area contributed by atoms with Gasteiger partial charge in [-0.3, -0.25) is 14.3 Å². The van der Waals surface area contributed by atoms with Crippen LogP contribution in [0.2, 0.25) is 0 Å². The summed E-state index contributed by atoms with van der Waals surface area (Å²) in [5.41, 5.74) is 3.69. The third-order valence-electron chi connectivity index (χ3n) is 7.65. The van der Waals surface area contributed by atoms with E-state index < -0.39 is 0 Å². The number of hydrogen-bond donors (Lipinski definition) is 0. The molecule has 0 radical (unpaired) electrons. The van der Waals surface area contributed by atoms with Gasteiger partial charge >= 0.3 is 0 Å². The number of aromatic nitrogens is 5. The second kappa shape index (κ2) is 10.1. The summed E-state index contributed by atoms with van der Waals surface area (Å²) >= 11 is 0. The molecule has 0 aliphatic carbocycles. The molecule has 7 nitrogen and oxygen atoms in total. The summed E-state index contributed by atoms with van der Waals surface area (Å²) in [6, 6.07) is 17.4. The molecule has 4 heterocycles. The molecule has 9 heteroatoms. The second-order valence-electron chi connectivity index (χ2n) is 9.79. The summed E-state index contributed by atoms with van der Waals surface area (Å²) in [5, 5.41) is 8.29. The van der Waals surface area contributed by atoms with Gasteiger partial charge in [0, 0.05) is 31.4 Å². The third kappa shape index (κ3) is 4.26. The maximum Gasteiger partial charge on any atom is 0.257 e. The largest absolute Gasteiger partial charge is 0.349 e. The lowest BCUT2D eigenvalue weighted by Crippen LogP contribution is -2.59. The Hall–Kier alpha value is -3.98. The fourth-order valence-corrected chi connectivity index (χ4v) is 5.71. The average molecular weight is 514 g/mol. The number of piperazine rings is 1. The molecule has 1 saturated heterocycles. The van der Waals surface area contributed by atoms with Crippen LogP contribution in [-0.2, 0) is 0 Å². The van der Waals surface area contributed by atoms with E-state index in [-0.39, 0.29) is 29.8 Å². The highest BCUT2D eigenvalue weighted by Gasteiger charge is 2.38. The Balaban J connectivity index is 1.43. The highest BCUT2D eigenvalue weighted by atomic mass is 19.1. The van der Waals surface area contributed by atoms with Crippen molar-refractivity contribution in [1.29, 1.82) is 0 Å². The predicted octanol–water partition coefficient (Wildman–Crippen LogP) is 5.42. The molecule has 0 amide bonds. The van der Waals surface area contributed by atoms with Gasteiger partial charge in [0.15, 0.2) is 5.82 Å². The molecule has 1 fully saturated rings. The van der Waals surface area contributed by atoms with E-state index in [1.807, 2.05) is 40.8 Å². The lowest BCUT2D eigenvalue weighted by Gasteiger charge is -2.50. The number of benzene rings is 2. The van der Waals surface area contributed by atoms with E-state index in [0.717, 1.165) is 53.9 Å². The summed E-state index contributed by atoms with van der Waals surface area (Å²) < 4.78 is 29.6. The van der Waals surface area contributed by atoms with Crippen molar-refractivity contribution < 1.29 is 8.78 Å². The summed E-state index contributed by atoms with van der Waals surface area (Å²) in [7, 11) is 0. The molecule has 0 saturated carbocycles. The Morgan fingerprint density at radius 2 is 1.53 bits per heavy atom. The molecule has 2 atom stereocenters. The Morgan fingerprint density at radius 3 is 2.16 bits per heavy atom. The average Bonchev–Trinajstić information content (AvgIpc) is 3.43. The van der Waals surface area contributed by atoms with Gasteiger partial charge < -0.3 is 4.90 Å². The van der Waals surface area contributed by atoms with Gasteiger partial charge in [-0.15, -0.1) is 10.2 Å². The van der Waals surface area contributed by atoms with E-state index in [2.05, 4.69) is 33.8 Å². The lowest BCUT2D eigenvalue weighted by molar-refractivity contribution is 0.110. The molecule has 194 valence electrons. The van der Waals surface area contributed by atoms with Gasteiger partial charge in [-0.25, -0.2) is 8.78 Å². The minimum atomic E-state index is -0.274. The van der Waals surface area contributed by atoms with Crippen LogP contribution >= 0.6 is 0 Å². The summed E-state index contributed by atoms with van der Waals surface area (Å²) in [4.78, 5) is 14.5. The second-order valence-corrected chi connectivity index (χ2v) is 9.79. The standard InChI is InChI=1S/C29H29F2N7/c1-3-23-17-37(28-26-25(6-5-15-32-26)38-18-33-35-29(38)34-28)24(4-2)16-36(23)27(19-7-11-21(30)12-8-19)20-9-13-22(31)14-10-20/h5-15,18,23-24,27H,3-4,16-17H2,1-2H3/t23-,24+/m1/s1. The smallest absolute Gasteiger partial charge is 0.257 e. The number of nitrogens with zero attached hydrogens (tertiary/aromatic N) is 7. The molecule has 6 rings (SSSR count). The Labute approximate surface area is 219 Å². The van der Waals surface area contributed by atoms with Crippen LogP contribution in [0.15, 0.2) is 73.2 Å². The number of fused-ring (bicyclic) bond motifs is 3. The van der Waals surface area contributed by atoms with Crippen molar-refractivity contribution in [3.05, 3.63) is 95.9 Å². The first-order chi connectivity index (χ1) is 18.6. The number of halogens is 2. The highest BCUT2D eigenvalue weighted by molar-refractivity contribution is 5.88. The minimum Gasteiger partial charge on any atom is -0.349 e. The van der Waals surface area contributed by atoms with Gasteiger partial charge in [0.25, 0.3) is 5.78 Å². The van der Waals surface area contributed by atoms with Gasteiger partial charge in [0.2, 0.25) is 0 Å². The molecular weight excluding hydrogens is 484 g/mol. The summed E-state index contributed by atoms with van der Waals surface area (Å²) in [6.45, 7) is 5.84. The van der Waals surface area contributed by atoms with Crippen molar-refractivity contribution >= 4 is 22.6 Å². The molecule has 1 aliphatic heterocycles. The summed E-state index contributed by atoms with van der Waals surface area (Å²) in [5.74, 6) is 0.806. The van der Waals surface area contributed by atoms with Crippen LogP contribution in [0, 0.1) is 11.6 Å². The normalized spacial score (nSPS) is 18.6. The van der Waals surface area contributed by atoms with Crippen molar-refractivity contribution in [2.24, 2.45) is 0 Å². The van der Waals surface area contributed by atoms with Gasteiger partial charge in [-0.1, -0.05) is 38.1 Å². The van der Waals surface area contributed by atoms with E-state index >= 15 is 0 Å². The van der Waals surface area contributed by atoms with Crippen LogP contribution in [0.5, 0.6) is 0 Å². The molecule has 5 aromatic rings. The van der Waals surface area contributed by atoms with Crippen LogP contribution in [0.4, 0.5) is 14.6 Å². The first-order valence-corrected chi connectivity index (χ1v) is 13.0. The molecule has 0 unspecified atom stereocenters. The molecule has 2 aromatic carbocycles. The summed E-state index contributed by atoms with van der Waals surface area (Å²) in [6.07, 6.45) is 5.23. The van der Waals surface area contributed by atoms with Crippen LogP contribution in [0.1, 0.15) is 43.9 Å². The molecule has 0 spiro atoms. The Morgan fingerprint density at radius 1 is 0.868 bits per heavy atom. The van der Waals surface area contributed by atoms with Crippen molar-refractivity contribution in [2.75, 3.05) is 18.0 Å². The van der Waals surface area contributed by atoms with Crippen LogP contribution < -0.4 is 4.90 Å². The zero-order valence-corrected chi connectivity index (χ0v) is 21.4. The van der Waals surface area contributed by atoms with Crippen LogP contribution in [0.25, 0.3) is 16.8 Å². The number of hydrogen-bond acceptors (Lipinski definition) is 6. The molecule has 38 heavy (non-hydrogen) atoms. The third-order valence-corrected chi connectivity index (χ3v) is 7.65. The topological polar surface area (TPSA) is 62.5 Å². The van der Waals surface area contributed by atoms with Crippen molar-refractivity contribution in [3.63, 3.8) is 0 Å². The number of anilines is 1. The van der Waals surface area contributed by atoms with Gasteiger partial charge in [0.1, 0.15) is 23.5 Å². The van der Waals surface area contributed by atoms with Crippen LogP contribution in [0.3, 0.4) is 0 Å². The Kier molecular flexibility index (Phi) is 6.45. The molecule has 3 aromatic heterocycles. The first kappa shape index (κ1) is 24.4. The van der Waals surface area contributed by atoms with Gasteiger partial charge in [-0.2, -0.15) is 4.98 Å². The van der Waals surface area contributed by atoms with Crippen molar-refractivity contribution in [2.45, 2.75) is 44.8 Å². The number of rotatable bonds is 6. The van der Waals surface area contributed by atoms with E-state index in [1.165, 1.54) is 24.3 Å².